The number of pyridine rings is 1. The summed E-state index contributed by atoms with van der Waals surface area (Å²) in [5.41, 5.74) is -0.445. The van der Waals surface area contributed by atoms with Gasteiger partial charge in [0.2, 0.25) is 0 Å². The summed E-state index contributed by atoms with van der Waals surface area (Å²) in [6.07, 6.45) is -3.04. The fourth-order valence-electron chi connectivity index (χ4n) is 3.91. The summed E-state index contributed by atoms with van der Waals surface area (Å²) in [4.78, 5) is 10.6. The van der Waals surface area contributed by atoms with Crippen LogP contribution in [0.25, 0.3) is 16.7 Å². The molecule has 7 nitrogen and oxygen atoms in total. The van der Waals surface area contributed by atoms with Gasteiger partial charge >= 0.3 is 6.18 Å². The Morgan fingerprint density at radius 3 is 2.69 bits per heavy atom. The maximum atomic E-state index is 15.2. The minimum Gasteiger partial charge on any atom is -0.375 e. The van der Waals surface area contributed by atoms with E-state index in [0.717, 1.165) is 13.8 Å². The van der Waals surface area contributed by atoms with Gasteiger partial charge in [-0.2, -0.15) is 18.2 Å². The summed E-state index contributed by atoms with van der Waals surface area (Å²) in [5.74, 6) is 5.56. The first-order valence-corrected chi connectivity index (χ1v) is 10.8. The second kappa shape index (κ2) is 8.16. The smallest absolute Gasteiger partial charge is 0.375 e. The molecule has 11 heteroatoms. The molecule has 3 aromatic heterocycles. The average Bonchev–Trinajstić information content (AvgIpc) is 3.04. The summed E-state index contributed by atoms with van der Waals surface area (Å²) < 4.78 is 62.6. The lowest BCUT2D eigenvalue weighted by molar-refractivity contribution is -0.190. The molecular weight excluding hydrogens is 464 g/mol. The normalized spacial score (nSPS) is 14.5. The number of anilines is 2. The third-order valence-electron chi connectivity index (χ3n) is 5.96. The Bertz CT molecular complexity index is 1520. The average molecular weight is 484 g/mol. The van der Waals surface area contributed by atoms with Gasteiger partial charge in [-0.15, -0.1) is 10.2 Å². The molecule has 0 saturated heterocycles. The molecular formula is C24H20F4N6O. The molecule has 0 saturated carbocycles. The Balaban J connectivity index is 1.72. The summed E-state index contributed by atoms with van der Waals surface area (Å²) in [7, 11) is 0. The molecule has 180 valence electrons. The number of ether oxygens (including phenoxy) is 1. The lowest BCUT2D eigenvalue weighted by atomic mass is 9.93. The lowest BCUT2D eigenvalue weighted by Crippen LogP contribution is -2.30. The number of benzene rings is 1. The number of aromatic nitrogens is 5. The Hall–Kier alpha value is -3.78. The molecule has 1 aliphatic rings. The van der Waals surface area contributed by atoms with E-state index in [4.69, 9.17) is 4.74 Å². The third-order valence-corrected chi connectivity index (χ3v) is 5.96. The molecule has 1 aliphatic heterocycles. The first kappa shape index (κ1) is 23.0. The molecule has 4 aromatic rings. The van der Waals surface area contributed by atoms with Crippen molar-refractivity contribution in [1.82, 2.24) is 24.6 Å². The van der Waals surface area contributed by atoms with Gasteiger partial charge in [0.05, 0.1) is 29.8 Å². The van der Waals surface area contributed by atoms with Gasteiger partial charge in [0.1, 0.15) is 28.6 Å². The maximum Gasteiger partial charge on any atom is 0.404 e. The summed E-state index contributed by atoms with van der Waals surface area (Å²) >= 11 is 0. The van der Waals surface area contributed by atoms with E-state index >= 15 is 4.39 Å². The molecule has 4 heterocycles. The SMILES string of the molecule is Cc1nnc2nc(N3CCOCc4c3ccnc4C#CC(C)(C)C(F)(F)F)c3c(F)cccc3n12. The van der Waals surface area contributed by atoms with E-state index in [2.05, 4.69) is 32.0 Å². The summed E-state index contributed by atoms with van der Waals surface area (Å²) in [6, 6.07) is 6.39. The zero-order chi connectivity index (χ0) is 25.0. The Labute approximate surface area is 197 Å². The number of hydrogen-bond acceptors (Lipinski definition) is 6. The highest BCUT2D eigenvalue weighted by Gasteiger charge is 2.46. The molecule has 0 fully saturated rings. The van der Waals surface area contributed by atoms with Gasteiger partial charge in [0, 0.05) is 18.3 Å². The van der Waals surface area contributed by atoms with Gasteiger partial charge < -0.3 is 9.64 Å². The van der Waals surface area contributed by atoms with Crippen molar-refractivity contribution in [2.24, 2.45) is 5.41 Å². The third kappa shape index (κ3) is 3.83. The van der Waals surface area contributed by atoms with E-state index in [0.29, 0.717) is 40.7 Å². The molecule has 5 rings (SSSR count). The van der Waals surface area contributed by atoms with Crippen molar-refractivity contribution >= 4 is 28.2 Å². The number of aryl methyl sites for hydroxylation is 1. The number of fused-ring (bicyclic) bond motifs is 4. The first-order chi connectivity index (χ1) is 16.6. The lowest BCUT2D eigenvalue weighted by Gasteiger charge is -2.25. The summed E-state index contributed by atoms with van der Waals surface area (Å²) in [5, 5.41) is 8.44. The molecule has 0 spiro atoms. The highest BCUT2D eigenvalue weighted by Crippen LogP contribution is 2.38. The molecule has 35 heavy (non-hydrogen) atoms. The van der Waals surface area contributed by atoms with E-state index in [9.17, 15) is 13.2 Å². The number of rotatable bonds is 1. The van der Waals surface area contributed by atoms with Crippen LogP contribution >= 0.6 is 0 Å². The maximum absolute atomic E-state index is 15.2. The van der Waals surface area contributed by atoms with Gasteiger partial charge in [-0.1, -0.05) is 12.0 Å². The number of hydrogen-bond donors (Lipinski definition) is 0. The fraction of sp³-hybridized carbons (Fsp3) is 0.333. The second-order valence-electron chi connectivity index (χ2n) is 8.69. The zero-order valence-corrected chi connectivity index (χ0v) is 19.1. The highest BCUT2D eigenvalue weighted by molar-refractivity contribution is 5.94. The van der Waals surface area contributed by atoms with Crippen LogP contribution < -0.4 is 4.90 Å². The molecule has 0 aliphatic carbocycles. The predicted molar refractivity (Wildman–Crippen MR) is 121 cm³/mol. The molecule has 0 amide bonds. The van der Waals surface area contributed by atoms with Crippen molar-refractivity contribution in [3.05, 3.63) is 53.4 Å². The quantitative estimate of drug-likeness (QED) is 0.288. The number of alkyl halides is 3. The molecule has 0 N–H and O–H groups in total. The minimum absolute atomic E-state index is 0.0861. The van der Waals surface area contributed by atoms with Crippen LogP contribution in [0.2, 0.25) is 0 Å². The van der Waals surface area contributed by atoms with Crippen molar-refractivity contribution in [2.75, 3.05) is 18.1 Å². The Kier molecular flexibility index (Phi) is 5.36. The molecule has 0 atom stereocenters. The summed E-state index contributed by atoms with van der Waals surface area (Å²) in [6.45, 7) is 4.45. The predicted octanol–water partition coefficient (Wildman–Crippen LogP) is 4.73. The molecule has 1 aromatic carbocycles. The van der Waals surface area contributed by atoms with Crippen LogP contribution in [0.15, 0.2) is 30.5 Å². The van der Waals surface area contributed by atoms with Crippen LogP contribution in [0.3, 0.4) is 0 Å². The highest BCUT2D eigenvalue weighted by atomic mass is 19.4. The van der Waals surface area contributed by atoms with Gasteiger partial charge in [0.25, 0.3) is 5.78 Å². The van der Waals surface area contributed by atoms with Crippen LogP contribution in [0.1, 0.15) is 30.9 Å². The van der Waals surface area contributed by atoms with Crippen molar-refractivity contribution in [3.63, 3.8) is 0 Å². The number of nitrogens with zero attached hydrogens (tertiary/aromatic N) is 6. The van der Waals surface area contributed by atoms with Crippen LogP contribution in [0.5, 0.6) is 0 Å². The molecule has 0 unspecified atom stereocenters. The van der Waals surface area contributed by atoms with Crippen LogP contribution in [0.4, 0.5) is 29.1 Å². The van der Waals surface area contributed by atoms with Crippen molar-refractivity contribution < 1.29 is 22.3 Å². The van der Waals surface area contributed by atoms with Gasteiger partial charge in [-0.25, -0.2) is 9.37 Å². The van der Waals surface area contributed by atoms with Crippen molar-refractivity contribution in [3.8, 4) is 11.8 Å². The van der Waals surface area contributed by atoms with Crippen LogP contribution in [-0.4, -0.2) is 43.9 Å². The second-order valence-corrected chi connectivity index (χ2v) is 8.69. The van der Waals surface area contributed by atoms with Crippen LogP contribution in [0, 0.1) is 30.0 Å². The fourth-order valence-corrected chi connectivity index (χ4v) is 3.91. The van der Waals surface area contributed by atoms with Crippen LogP contribution in [-0.2, 0) is 11.3 Å². The first-order valence-electron chi connectivity index (χ1n) is 10.8. The van der Waals surface area contributed by atoms with E-state index in [1.54, 1.807) is 34.4 Å². The Morgan fingerprint density at radius 2 is 1.91 bits per heavy atom. The molecule has 0 radical (unpaired) electrons. The monoisotopic (exact) mass is 484 g/mol. The zero-order valence-electron chi connectivity index (χ0n) is 19.1. The van der Waals surface area contributed by atoms with Crippen molar-refractivity contribution in [2.45, 2.75) is 33.6 Å². The topological polar surface area (TPSA) is 68.4 Å². The van der Waals surface area contributed by atoms with Gasteiger partial charge in [0.15, 0.2) is 0 Å². The van der Waals surface area contributed by atoms with E-state index < -0.39 is 17.4 Å². The molecule has 0 bridgehead atoms. The standard InChI is InChI=1S/C24H20F4N6O/c1-14-31-32-22-30-21(20-16(25)5-4-6-19(20)34(14)22)33-11-12-35-13-15-17(29-10-8-18(15)33)7-9-23(2,3)24(26,27)28/h4-6,8,10H,11-13H2,1-3H3. The van der Waals surface area contributed by atoms with E-state index in [-0.39, 0.29) is 24.3 Å². The minimum atomic E-state index is -4.50. The van der Waals surface area contributed by atoms with Gasteiger partial charge in [-0.3, -0.25) is 4.40 Å². The van der Waals surface area contributed by atoms with Gasteiger partial charge in [-0.05, 0) is 44.9 Å². The van der Waals surface area contributed by atoms with Crippen molar-refractivity contribution in [1.29, 1.82) is 0 Å². The van der Waals surface area contributed by atoms with E-state index in [1.807, 2.05) is 0 Å². The number of halogens is 4. The largest absolute Gasteiger partial charge is 0.404 e. The van der Waals surface area contributed by atoms with E-state index in [1.165, 1.54) is 12.3 Å². The Morgan fingerprint density at radius 1 is 1.11 bits per heavy atom.